The lowest BCUT2D eigenvalue weighted by Gasteiger charge is -2.30. The van der Waals surface area contributed by atoms with Crippen LogP contribution in [0.15, 0.2) is 48.5 Å². The molecule has 1 amide bonds. The SMILES string of the molecule is COCCc1nc2c(N)nc3ccccc3c2n1CCCN(Cc1cccc(OCC(=O)O)c1)C(=O)CN1CCCCC1. The zero-order chi connectivity index (χ0) is 30.2. The van der Waals surface area contributed by atoms with E-state index in [1.165, 1.54) is 6.42 Å². The number of rotatable bonds is 14. The number of fused-ring (bicyclic) bond motifs is 3. The summed E-state index contributed by atoms with van der Waals surface area (Å²) in [5.41, 5.74) is 9.68. The van der Waals surface area contributed by atoms with Crippen LogP contribution in [-0.4, -0.2) is 87.8 Å². The molecule has 0 unspecified atom stereocenters. The van der Waals surface area contributed by atoms with Crippen molar-refractivity contribution in [1.29, 1.82) is 0 Å². The Morgan fingerprint density at radius 3 is 2.67 bits per heavy atom. The number of amides is 1. The number of nitrogens with zero attached hydrogens (tertiary/aromatic N) is 5. The van der Waals surface area contributed by atoms with Gasteiger partial charge in [0, 0.05) is 38.6 Å². The van der Waals surface area contributed by atoms with Crippen LogP contribution in [0.1, 0.15) is 37.1 Å². The molecule has 0 spiro atoms. The normalized spacial score (nSPS) is 13.9. The van der Waals surface area contributed by atoms with E-state index in [0.717, 1.165) is 53.7 Å². The second-order valence-electron chi connectivity index (χ2n) is 11.0. The average molecular weight is 589 g/mol. The number of likely N-dealkylation sites (tertiary alicyclic amines) is 1. The number of carboxylic acids is 1. The molecule has 4 aromatic rings. The summed E-state index contributed by atoms with van der Waals surface area (Å²) in [6, 6.07) is 15.2. The quantitative estimate of drug-likeness (QED) is 0.226. The number of aromatic nitrogens is 3. The lowest BCUT2D eigenvalue weighted by Crippen LogP contribution is -2.42. The van der Waals surface area contributed by atoms with Gasteiger partial charge in [0.15, 0.2) is 12.4 Å². The number of carboxylic acid groups (broad SMARTS) is 1. The van der Waals surface area contributed by atoms with Gasteiger partial charge >= 0.3 is 5.97 Å². The highest BCUT2D eigenvalue weighted by Crippen LogP contribution is 2.29. The van der Waals surface area contributed by atoms with Crippen LogP contribution in [0.2, 0.25) is 0 Å². The fraction of sp³-hybridized carbons (Fsp3) is 0.438. The van der Waals surface area contributed by atoms with E-state index in [0.29, 0.717) is 62.7 Å². The third kappa shape index (κ3) is 7.60. The summed E-state index contributed by atoms with van der Waals surface area (Å²) in [5.74, 6) is 0.776. The smallest absolute Gasteiger partial charge is 0.341 e. The number of hydrogen-bond donors (Lipinski definition) is 2. The molecule has 2 aromatic carbocycles. The van der Waals surface area contributed by atoms with Crippen molar-refractivity contribution in [2.45, 2.75) is 45.2 Å². The van der Waals surface area contributed by atoms with Gasteiger partial charge in [0.25, 0.3) is 0 Å². The molecule has 1 aliphatic rings. The molecule has 11 heteroatoms. The maximum Gasteiger partial charge on any atom is 0.341 e. The Kier molecular flexibility index (Phi) is 10.1. The van der Waals surface area contributed by atoms with Crippen molar-refractivity contribution in [3.05, 3.63) is 59.9 Å². The second-order valence-corrected chi connectivity index (χ2v) is 11.0. The first kappa shape index (κ1) is 30.2. The van der Waals surface area contributed by atoms with Crippen LogP contribution in [0.25, 0.3) is 21.9 Å². The molecule has 0 aliphatic carbocycles. The lowest BCUT2D eigenvalue weighted by molar-refractivity contribution is -0.139. The minimum Gasteiger partial charge on any atom is -0.482 e. The molecule has 2 aromatic heterocycles. The van der Waals surface area contributed by atoms with E-state index < -0.39 is 12.6 Å². The fourth-order valence-electron chi connectivity index (χ4n) is 5.75. The van der Waals surface area contributed by atoms with Crippen LogP contribution in [0.4, 0.5) is 5.82 Å². The highest BCUT2D eigenvalue weighted by atomic mass is 16.5. The number of carbonyl (C=O) groups is 2. The van der Waals surface area contributed by atoms with E-state index in [2.05, 4.69) is 14.5 Å². The molecule has 1 fully saturated rings. The number of nitrogen functional groups attached to an aromatic ring is 1. The first-order valence-corrected chi connectivity index (χ1v) is 14.9. The number of hydrogen-bond acceptors (Lipinski definition) is 8. The number of anilines is 1. The van der Waals surface area contributed by atoms with Gasteiger partial charge in [0.2, 0.25) is 5.91 Å². The van der Waals surface area contributed by atoms with Gasteiger partial charge in [-0.3, -0.25) is 9.69 Å². The Balaban J connectivity index is 1.38. The summed E-state index contributed by atoms with van der Waals surface area (Å²) in [5, 5.41) is 9.98. The molecule has 228 valence electrons. The van der Waals surface area contributed by atoms with Gasteiger partial charge in [0.05, 0.1) is 24.2 Å². The zero-order valence-electron chi connectivity index (χ0n) is 24.7. The van der Waals surface area contributed by atoms with Crippen LogP contribution in [-0.2, 0) is 33.8 Å². The Bertz CT molecular complexity index is 1560. The Morgan fingerprint density at radius 2 is 1.88 bits per heavy atom. The van der Waals surface area contributed by atoms with E-state index >= 15 is 0 Å². The number of benzene rings is 2. The molecule has 11 nitrogen and oxygen atoms in total. The van der Waals surface area contributed by atoms with Crippen molar-refractivity contribution < 1.29 is 24.2 Å². The molecule has 1 aliphatic heterocycles. The van der Waals surface area contributed by atoms with Gasteiger partial charge in [0.1, 0.15) is 17.1 Å². The third-order valence-corrected chi connectivity index (χ3v) is 7.82. The number of pyridine rings is 1. The fourth-order valence-corrected chi connectivity index (χ4v) is 5.75. The first-order chi connectivity index (χ1) is 20.9. The highest BCUT2D eigenvalue weighted by Gasteiger charge is 2.21. The third-order valence-electron chi connectivity index (χ3n) is 7.82. The van der Waals surface area contributed by atoms with E-state index in [-0.39, 0.29) is 5.91 Å². The van der Waals surface area contributed by atoms with Gasteiger partial charge < -0.3 is 29.8 Å². The van der Waals surface area contributed by atoms with E-state index in [1.807, 2.05) is 41.3 Å². The van der Waals surface area contributed by atoms with Crippen LogP contribution < -0.4 is 10.5 Å². The van der Waals surface area contributed by atoms with Gasteiger partial charge in [-0.15, -0.1) is 0 Å². The number of methoxy groups -OCH3 is 1. The van der Waals surface area contributed by atoms with Crippen LogP contribution in [0.5, 0.6) is 5.75 Å². The number of ether oxygens (including phenoxy) is 2. The Hall–Kier alpha value is -4.22. The van der Waals surface area contributed by atoms with Crippen molar-refractivity contribution in [2.75, 3.05) is 52.2 Å². The lowest BCUT2D eigenvalue weighted by atomic mass is 10.1. The van der Waals surface area contributed by atoms with Crippen molar-refractivity contribution in [3.8, 4) is 5.75 Å². The van der Waals surface area contributed by atoms with E-state index in [1.54, 1.807) is 19.2 Å². The minimum absolute atomic E-state index is 0.0766. The molecule has 3 heterocycles. The minimum atomic E-state index is -1.04. The Labute approximate surface area is 251 Å². The molecular weight excluding hydrogens is 548 g/mol. The average Bonchev–Trinajstić information content (AvgIpc) is 3.38. The number of aryl methyl sites for hydroxylation is 1. The van der Waals surface area contributed by atoms with E-state index in [4.69, 9.17) is 25.3 Å². The molecule has 0 saturated carbocycles. The number of para-hydroxylation sites is 1. The standard InChI is InChI=1S/C32H40N6O5/c1-42-18-13-27-35-30-31(25-11-3-4-12-26(25)34-32(30)33)38(27)17-8-16-37(28(39)21-36-14-5-2-6-15-36)20-23-9-7-10-24(19-23)43-22-29(40)41/h3-4,7,9-12,19H,2,5-6,8,13-18,20-22H2,1H3,(H2,33,34)(H,40,41). The van der Waals surface area contributed by atoms with Gasteiger partial charge in [-0.25, -0.2) is 14.8 Å². The van der Waals surface area contributed by atoms with Gasteiger partial charge in [-0.1, -0.05) is 36.8 Å². The summed E-state index contributed by atoms with van der Waals surface area (Å²) in [6.45, 7) is 3.94. The summed E-state index contributed by atoms with van der Waals surface area (Å²) in [6.07, 6.45) is 4.75. The van der Waals surface area contributed by atoms with Crippen molar-refractivity contribution in [3.63, 3.8) is 0 Å². The van der Waals surface area contributed by atoms with Crippen molar-refractivity contribution in [1.82, 2.24) is 24.3 Å². The van der Waals surface area contributed by atoms with Crippen molar-refractivity contribution >= 4 is 39.6 Å². The van der Waals surface area contributed by atoms with Crippen molar-refractivity contribution in [2.24, 2.45) is 0 Å². The van der Waals surface area contributed by atoms with Crippen LogP contribution in [0.3, 0.4) is 0 Å². The molecule has 5 rings (SSSR count). The Morgan fingerprint density at radius 1 is 1.07 bits per heavy atom. The molecule has 43 heavy (non-hydrogen) atoms. The van der Waals surface area contributed by atoms with Crippen LogP contribution in [0, 0.1) is 0 Å². The molecule has 0 atom stereocenters. The van der Waals surface area contributed by atoms with E-state index in [9.17, 15) is 9.59 Å². The zero-order valence-corrected chi connectivity index (χ0v) is 24.7. The van der Waals surface area contributed by atoms with Gasteiger partial charge in [-0.05, 0) is 56.1 Å². The monoisotopic (exact) mass is 588 g/mol. The second kappa shape index (κ2) is 14.3. The predicted molar refractivity (Wildman–Crippen MR) is 165 cm³/mol. The predicted octanol–water partition coefficient (Wildman–Crippen LogP) is 3.72. The largest absolute Gasteiger partial charge is 0.482 e. The number of piperidine rings is 1. The number of aliphatic carboxylic acids is 1. The maximum absolute atomic E-state index is 13.7. The molecule has 3 N–H and O–H groups in total. The topological polar surface area (TPSA) is 136 Å². The van der Waals surface area contributed by atoms with Gasteiger partial charge in [-0.2, -0.15) is 0 Å². The molecule has 1 saturated heterocycles. The number of carbonyl (C=O) groups excluding carboxylic acids is 1. The molecular formula is C32H40N6O5. The summed E-state index contributed by atoms with van der Waals surface area (Å²) < 4.78 is 12.9. The first-order valence-electron chi connectivity index (χ1n) is 14.9. The summed E-state index contributed by atoms with van der Waals surface area (Å²) in [4.78, 5) is 38.2. The number of imidazole rings is 1. The summed E-state index contributed by atoms with van der Waals surface area (Å²) in [7, 11) is 1.67. The highest BCUT2D eigenvalue weighted by molar-refractivity contribution is 6.06. The van der Waals surface area contributed by atoms with Crippen LogP contribution >= 0.6 is 0 Å². The molecule has 0 bridgehead atoms. The molecule has 0 radical (unpaired) electrons. The number of nitrogens with two attached hydrogens (primary N) is 1. The maximum atomic E-state index is 13.7. The summed E-state index contributed by atoms with van der Waals surface area (Å²) >= 11 is 0.